The van der Waals surface area contributed by atoms with E-state index in [4.69, 9.17) is 17.3 Å². The van der Waals surface area contributed by atoms with Gasteiger partial charge in [0.25, 0.3) is 0 Å². The molecule has 2 atom stereocenters. The van der Waals surface area contributed by atoms with Gasteiger partial charge in [0.15, 0.2) is 0 Å². The highest BCUT2D eigenvalue weighted by molar-refractivity contribution is 6.31. The largest absolute Gasteiger partial charge is 0.352 e. The summed E-state index contributed by atoms with van der Waals surface area (Å²) in [6.07, 6.45) is 3.68. The van der Waals surface area contributed by atoms with Crippen molar-refractivity contribution in [1.29, 1.82) is 0 Å². The molecule has 118 valence electrons. The molecule has 0 spiro atoms. The second-order valence-electron chi connectivity index (χ2n) is 5.72. The Morgan fingerprint density at radius 3 is 2.86 bits per heavy atom. The molecule has 0 saturated heterocycles. The Bertz CT molecular complexity index is 488. The molecular weight excluding hydrogens is 314 g/mol. The molecule has 0 aromatic heterocycles. The van der Waals surface area contributed by atoms with Crippen molar-refractivity contribution >= 4 is 29.9 Å². The Morgan fingerprint density at radius 1 is 1.52 bits per heavy atom. The molecule has 1 aromatic rings. The summed E-state index contributed by atoms with van der Waals surface area (Å²) in [6.45, 7) is 2.00. The SMILES string of the molecule is CC1(N)CCCCC1C(=O)NCc1c(F)cccc1Cl.Cl. The van der Waals surface area contributed by atoms with Crippen LogP contribution in [0.3, 0.4) is 0 Å². The molecule has 0 heterocycles. The fourth-order valence-corrected chi connectivity index (χ4v) is 3.02. The van der Waals surface area contributed by atoms with E-state index in [1.165, 1.54) is 6.07 Å². The van der Waals surface area contributed by atoms with Gasteiger partial charge in [-0.2, -0.15) is 0 Å². The Kier molecular flexibility index (Phi) is 6.44. The molecule has 0 bridgehead atoms. The summed E-state index contributed by atoms with van der Waals surface area (Å²) in [5.74, 6) is -0.743. The first kappa shape index (κ1) is 18.2. The van der Waals surface area contributed by atoms with Gasteiger partial charge in [-0.1, -0.05) is 30.5 Å². The molecule has 1 amide bonds. The third-order valence-corrected chi connectivity index (χ3v) is 4.43. The third-order valence-electron chi connectivity index (χ3n) is 4.07. The number of carbonyl (C=O) groups excluding carboxylic acids is 1. The minimum Gasteiger partial charge on any atom is -0.352 e. The first-order valence-electron chi connectivity index (χ1n) is 6.91. The lowest BCUT2D eigenvalue weighted by atomic mass is 9.74. The average molecular weight is 335 g/mol. The van der Waals surface area contributed by atoms with Gasteiger partial charge in [0.1, 0.15) is 5.82 Å². The van der Waals surface area contributed by atoms with E-state index in [0.29, 0.717) is 10.6 Å². The van der Waals surface area contributed by atoms with E-state index in [1.807, 2.05) is 6.92 Å². The molecule has 2 unspecified atom stereocenters. The van der Waals surface area contributed by atoms with Gasteiger partial charge < -0.3 is 11.1 Å². The topological polar surface area (TPSA) is 55.1 Å². The van der Waals surface area contributed by atoms with Gasteiger partial charge in [-0.3, -0.25) is 4.79 Å². The molecule has 21 heavy (non-hydrogen) atoms. The highest BCUT2D eigenvalue weighted by atomic mass is 35.5. The number of hydrogen-bond acceptors (Lipinski definition) is 2. The van der Waals surface area contributed by atoms with Gasteiger partial charge >= 0.3 is 0 Å². The molecule has 3 nitrogen and oxygen atoms in total. The monoisotopic (exact) mass is 334 g/mol. The van der Waals surface area contributed by atoms with Crippen LogP contribution in [-0.4, -0.2) is 11.4 Å². The van der Waals surface area contributed by atoms with Crippen LogP contribution in [0.1, 0.15) is 38.2 Å². The predicted octanol–water partition coefficient (Wildman–Crippen LogP) is 3.42. The molecular formula is C15H21Cl2FN2O. The molecule has 1 aliphatic carbocycles. The number of benzene rings is 1. The van der Waals surface area contributed by atoms with Crippen LogP contribution in [-0.2, 0) is 11.3 Å². The van der Waals surface area contributed by atoms with E-state index in [2.05, 4.69) is 5.32 Å². The van der Waals surface area contributed by atoms with Crippen molar-refractivity contribution in [3.63, 3.8) is 0 Å². The van der Waals surface area contributed by atoms with E-state index < -0.39 is 11.4 Å². The van der Waals surface area contributed by atoms with Crippen molar-refractivity contribution in [2.24, 2.45) is 11.7 Å². The molecule has 1 saturated carbocycles. The summed E-state index contributed by atoms with van der Waals surface area (Å²) in [5, 5.41) is 3.09. The first-order chi connectivity index (χ1) is 9.42. The Hall–Kier alpha value is -0.840. The maximum Gasteiger partial charge on any atom is 0.225 e. The van der Waals surface area contributed by atoms with Gasteiger partial charge in [0.05, 0.1) is 5.92 Å². The number of nitrogens with one attached hydrogen (secondary N) is 1. The van der Waals surface area contributed by atoms with Crippen molar-refractivity contribution in [2.75, 3.05) is 0 Å². The van der Waals surface area contributed by atoms with E-state index >= 15 is 0 Å². The molecule has 3 N–H and O–H groups in total. The zero-order valence-electron chi connectivity index (χ0n) is 12.0. The number of carbonyl (C=O) groups is 1. The quantitative estimate of drug-likeness (QED) is 0.889. The summed E-state index contributed by atoms with van der Waals surface area (Å²) in [6, 6.07) is 4.49. The Balaban J connectivity index is 0.00000220. The van der Waals surface area contributed by atoms with Crippen LogP contribution < -0.4 is 11.1 Å². The van der Waals surface area contributed by atoms with Crippen molar-refractivity contribution in [3.05, 3.63) is 34.6 Å². The highest BCUT2D eigenvalue weighted by Crippen LogP contribution is 2.31. The fourth-order valence-electron chi connectivity index (χ4n) is 2.79. The van der Waals surface area contributed by atoms with E-state index in [0.717, 1.165) is 25.7 Å². The average Bonchev–Trinajstić information content (AvgIpc) is 2.37. The molecule has 1 fully saturated rings. The lowest BCUT2D eigenvalue weighted by Crippen LogP contribution is -2.52. The second kappa shape index (κ2) is 7.43. The molecule has 2 rings (SSSR count). The zero-order chi connectivity index (χ0) is 14.8. The predicted molar refractivity (Wildman–Crippen MR) is 85.1 cm³/mol. The Morgan fingerprint density at radius 2 is 2.24 bits per heavy atom. The minimum absolute atomic E-state index is 0. The lowest BCUT2D eigenvalue weighted by Gasteiger charge is -2.37. The van der Waals surface area contributed by atoms with E-state index in [1.54, 1.807) is 12.1 Å². The maximum absolute atomic E-state index is 13.6. The molecule has 0 radical (unpaired) electrons. The van der Waals surface area contributed by atoms with E-state index in [9.17, 15) is 9.18 Å². The van der Waals surface area contributed by atoms with Crippen molar-refractivity contribution in [3.8, 4) is 0 Å². The minimum atomic E-state index is -0.485. The second-order valence-corrected chi connectivity index (χ2v) is 6.13. The summed E-state index contributed by atoms with van der Waals surface area (Å²) in [5.41, 5.74) is 6.02. The molecule has 0 aliphatic heterocycles. The van der Waals surface area contributed by atoms with Crippen LogP contribution in [0.5, 0.6) is 0 Å². The highest BCUT2D eigenvalue weighted by Gasteiger charge is 2.37. The smallest absolute Gasteiger partial charge is 0.225 e. The van der Waals surface area contributed by atoms with Gasteiger partial charge in [-0.15, -0.1) is 12.4 Å². The summed E-state index contributed by atoms with van der Waals surface area (Å²) >= 11 is 5.94. The normalized spacial score (nSPS) is 25.0. The van der Waals surface area contributed by atoms with Crippen molar-refractivity contribution in [2.45, 2.75) is 44.7 Å². The number of amides is 1. The van der Waals surface area contributed by atoms with Crippen LogP contribution in [0.15, 0.2) is 18.2 Å². The number of halogens is 3. The molecule has 1 aliphatic rings. The molecule has 6 heteroatoms. The van der Waals surface area contributed by atoms with Crippen molar-refractivity contribution in [1.82, 2.24) is 5.32 Å². The number of nitrogens with two attached hydrogens (primary N) is 1. The summed E-state index contributed by atoms with van der Waals surface area (Å²) < 4.78 is 13.6. The van der Waals surface area contributed by atoms with E-state index in [-0.39, 0.29) is 30.8 Å². The fraction of sp³-hybridized carbons (Fsp3) is 0.533. The van der Waals surface area contributed by atoms with Crippen LogP contribution in [0.2, 0.25) is 5.02 Å². The third kappa shape index (κ3) is 4.31. The number of rotatable bonds is 3. The van der Waals surface area contributed by atoms with Crippen LogP contribution in [0.25, 0.3) is 0 Å². The van der Waals surface area contributed by atoms with Crippen LogP contribution in [0, 0.1) is 11.7 Å². The van der Waals surface area contributed by atoms with Gasteiger partial charge in [-0.25, -0.2) is 4.39 Å². The van der Waals surface area contributed by atoms with Gasteiger partial charge in [0, 0.05) is 22.7 Å². The van der Waals surface area contributed by atoms with Crippen LogP contribution >= 0.6 is 24.0 Å². The first-order valence-corrected chi connectivity index (χ1v) is 7.29. The van der Waals surface area contributed by atoms with Crippen molar-refractivity contribution < 1.29 is 9.18 Å². The number of hydrogen-bond donors (Lipinski definition) is 2. The molecule has 1 aromatic carbocycles. The zero-order valence-corrected chi connectivity index (χ0v) is 13.6. The summed E-state index contributed by atoms with van der Waals surface area (Å²) in [7, 11) is 0. The maximum atomic E-state index is 13.6. The Labute approximate surface area is 135 Å². The van der Waals surface area contributed by atoms with Crippen LogP contribution in [0.4, 0.5) is 4.39 Å². The van der Waals surface area contributed by atoms with Gasteiger partial charge in [0.2, 0.25) is 5.91 Å². The van der Waals surface area contributed by atoms with Gasteiger partial charge in [-0.05, 0) is 31.9 Å². The lowest BCUT2D eigenvalue weighted by molar-refractivity contribution is -0.128. The summed E-state index contributed by atoms with van der Waals surface area (Å²) in [4.78, 5) is 12.3. The standard InChI is InChI=1S/C15H20ClFN2O.ClH/c1-15(18)8-3-2-5-11(15)14(20)19-9-10-12(16)6-4-7-13(10)17;/h4,6-7,11H,2-3,5,8-9,18H2,1H3,(H,19,20);1H.